The summed E-state index contributed by atoms with van der Waals surface area (Å²) in [5, 5.41) is 11.3. The molecule has 0 aliphatic carbocycles. The number of aliphatic hydroxyl groups excluding tert-OH is 1. The van der Waals surface area contributed by atoms with E-state index in [1.54, 1.807) is 0 Å². The zero-order valence-electron chi connectivity index (χ0n) is 9.27. The minimum absolute atomic E-state index is 0. The predicted molar refractivity (Wildman–Crippen MR) is 77.5 cm³/mol. The lowest BCUT2D eigenvalue weighted by Crippen LogP contribution is -2.12. The lowest BCUT2D eigenvalue weighted by Gasteiger charge is -2.14. The van der Waals surface area contributed by atoms with E-state index in [0.717, 1.165) is 15.4 Å². The molecule has 2 aromatic rings. The van der Waals surface area contributed by atoms with Crippen molar-refractivity contribution in [1.29, 1.82) is 0 Å². The molecule has 2 rings (SSSR count). The van der Waals surface area contributed by atoms with Gasteiger partial charge in [0.15, 0.2) is 0 Å². The van der Waals surface area contributed by atoms with Gasteiger partial charge in [0.2, 0.25) is 0 Å². The molecule has 0 aliphatic rings. The summed E-state index contributed by atoms with van der Waals surface area (Å²) in [6.07, 6.45) is 0.580. The Hall–Kier alpha value is -0.610. The van der Waals surface area contributed by atoms with Gasteiger partial charge in [0.25, 0.3) is 0 Å². The first-order valence-electron chi connectivity index (χ1n) is 5.27. The molecule has 0 amide bonds. The van der Waals surface area contributed by atoms with Crippen LogP contribution in [0.25, 0.3) is 10.8 Å². The van der Waals surface area contributed by atoms with E-state index in [-0.39, 0.29) is 25.1 Å². The largest absolute Gasteiger partial charge is 0.396 e. The Morgan fingerprint density at radius 3 is 2.59 bits per heavy atom. The van der Waals surface area contributed by atoms with E-state index in [1.165, 1.54) is 5.39 Å². The molecule has 0 fully saturated rings. The Labute approximate surface area is 115 Å². The Bertz CT molecular complexity index is 504. The van der Waals surface area contributed by atoms with E-state index in [2.05, 4.69) is 34.1 Å². The average Bonchev–Trinajstić information content (AvgIpc) is 2.30. The highest BCUT2D eigenvalue weighted by Gasteiger charge is 2.11. The van der Waals surface area contributed by atoms with Crippen molar-refractivity contribution in [3.63, 3.8) is 0 Å². The van der Waals surface area contributed by atoms with Crippen LogP contribution < -0.4 is 5.73 Å². The summed E-state index contributed by atoms with van der Waals surface area (Å²) >= 11 is 3.59. The third-order valence-corrected chi connectivity index (χ3v) is 3.62. The number of nitrogens with two attached hydrogens (primary N) is 1. The van der Waals surface area contributed by atoms with Gasteiger partial charge in [0, 0.05) is 17.1 Å². The summed E-state index contributed by atoms with van der Waals surface area (Å²) in [6.45, 7) is 0.112. The summed E-state index contributed by atoms with van der Waals surface area (Å²) in [4.78, 5) is 0. The van der Waals surface area contributed by atoms with Crippen LogP contribution in [0.4, 0.5) is 0 Å². The van der Waals surface area contributed by atoms with Crippen molar-refractivity contribution in [3.8, 4) is 0 Å². The third-order valence-electron chi connectivity index (χ3n) is 2.73. The third kappa shape index (κ3) is 2.99. The molecule has 2 aromatic carbocycles. The number of fused-ring (bicyclic) bond motifs is 1. The lowest BCUT2D eigenvalue weighted by atomic mass is 10.0. The van der Waals surface area contributed by atoms with Gasteiger partial charge in [-0.25, -0.2) is 0 Å². The molecule has 4 heteroatoms. The van der Waals surface area contributed by atoms with Crippen molar-refractivity contribution in [1.82, 2.24) is 0 Å². The maximum atomic E-state index is 8.91. The van der Waals surface area contributed by atoms with Crippen molar-refractivity contribution >= 4 is 39.1 Å². The van der Waals surface area contributed by atoms with Crippen LogP contribution in [-0.2, 0) is 0 Å². The van der Waals surface area contributed by atoms with Gasteiger partial charge < -0.3 is 10.8 Å². The van der Waals surface area contributed by atoms with Gasteiger partial charge in [0.1, 0.15) is 0 Å². The van der Waals surface area contributed by atoms with E-state index >= 15 is 0 Å². The molecule has 17 heavy (non-hydrogen) atoms. The number of hydrogen-bond acceptors (Lipinski definition) is 2. The SMILES string of the molecule is Cl.NC(CCO)c1ccc2ccccc2c1Br. The number of benzene rings is 2. The maximum Gasteiger partial charge on any atom is 0.0449 e. The maximum absolute atomic E-state index is 8.91. The monoisotopic (exact) mass is 315 g/mol. The molecule has 0 heterocycles. The fraction of sp³-hybridized carbons (Fsp3) is 0.231. The Morgan fingerprint density at radius 1 is 1.18 bits per heavy atom. The van der Waals surface area contributed by atoms with Crippen molar-refractivity contribution in [2.24, 2.45) is 5.73 Å². The van der Waals surface area contributed by atoms with Crippen molar-refractivity contribution in [2.45, 2.75) is 12.5 Å². The van der Waals surface area contributed by atoms with E-state index in [4.69, 9.17) is 10.8 Å². The topological polar surface area (TPSA) is 46.2 Å². The van der Waals surface area contributed by atoms with Crippen LogP contribution in [-0.4, -0.2) is 11.7 Å². The molecule has 2 nitrogen and oxygen atoms in total. The fourth-order valence-electron chi connectivity index (χ4n) is 1.83. The molecule has 0 aromatic heterocycles. The Balaban J connectivity index is 0.00000144. The Morgan fingerprint density at radius 2 is 1.88 bits per heavy atom. The molecule has 0 saturated heterocycles. The van der Waals surface area contributed by atoms with Crippen LogP contribution >= 0.6 is 28.3 Å². The summed E-state index contributed by atoms with van der Waals surface area (Å²) in [5.74, 6) is 0. The minimum Gasteiger partial charge on any atom is -0.396 e. The number of aliphatic hydroxyl groups is 1. The van der Waals surface area contributed by atoms with Gasteiger partial charge in [0.05, 0.1) is 0 Å². The zero-order valence-corrected chi connectivity index (χ0v) is 11.7. The van der Waals surface area contributed by atoms with Gasteiger partial charge in [-0.2, -0.15) is 0 Å². The molecule has 0 bridgehead atoms. The number of halogens is 2. The lowest BCUT2D eigenvalue weighted by molar-refractivity contribution is 0.276. The molecular weight excluding hydrogens is 302 g/mol. The van der Waals surface area contributed by atoms with Crippen LogP contribution in [0.3, 0.4) is 0 Å². The molecule has 0 aliphatic heterocycles. The quantitative estimate of drug-likeness (QED) is 0.911. The molecule has 92 valence electrons. The molecule has 0 spiro atoms. The van der Waals surface area contributed by atoms with Crippen LogP contribution in [0.1, 0.15) is 18.0 Å². The Kier molecular flexibility index (Phi) is 5.40. The van der Waals surface area contributed by atoms with Crippen LogP contribution in [0.2, 0.25) is 0 Å². The van der Waals surface area contributed by atoms with Crippen LogP contribution in [0.5, 0.6) is 0 Å². The van der Waals surface area contributed by atoms with Crippen molar-refractivity contribution in [3.05, 3.63) is 46.4 Å². The summed E-state index contributed by atoms with van der Waals surface area (Å²) < 4.78 is 1.03. The smallest absolute Gasteiger partial charge is 0.0449 e. The number of rotatable bonds is 3. The van der Waals surface area contributed by atoms with Gasteiger partial charge in [-0.15, -0.1) is 12.4 Å². The van der Waals surface area contributed by atoms with Crippen LogP contribution in [0.15, 0.2) is 40.9 Å². The second-order valence-electron chi connectivity index (χ2n) is 3.81. The summed E-state index contributed by atoms with van der Waals surface area (Å²) in [5.41, 5.74) is 7.06. The minimum atomic E-state index is -0.121. The first-order valence-corrected chi connectivity index (χ1v) is 6.07. The number of hydrogen-bond donors (Lipinski definition) is 2. The molecule has 3 N–H and O–H groups in total. The first kappa shape index (κ1) is 14.5. The highest BCUT2D eigenvalue weighted by molar-refractivity contribution is 9.10. The molecule has 0 saturated carbocycles. The molecule has 0 radical (unpaired) electrons. The zero-order chi connectivity index (χ0) is 11.5. The fourth-order valence-corrected chi connectivity index (χ4v) is 2.62. The van der Waals surface area contributed by atoms with Gasteiger partial charge in [-0.3, -0.25) is 0 Å². The van der Waals surface area contributed by atoms with Gasteiger partial charge >= 0.3 is 0 Å². The van der Waals surface area contributed by atoms with Gasteiger partial charge in [-0.1, -0.05) is 36.4 Å². The van der Waals surface area contributed by atoms with E-state index < -0.39 is 0 Å². The van der Waals surface area contributed by atoms with Crippen molar-refractivity contribution < 1.29 is 5.11 Å². The molecular formula is C13H15BrClNO. The highest BCUT2D eigenvalue weighted by Crippen LogP contribution is 2.31. The standard InChI is InChI=1S/C13H14BrNO.ClH/c14-13-10-4-2-1-3-9(10)5-6-11(13)12(15)7-8-16;/h1-6,12,16H,7-8,15H2;1H. The summed E-state index contributed by atoms with van der Waals surface area (Å²) in [6, 6.07) is 12.1. The van der Waals surface area contributed by atoms with E-state index in [1.807, 2.05) is 18.2 Å². The van der Waals surface area contributed by atoms with Crippen LogP contribution in [0, 0.1) is 0 Å². The first-order chi connectivity index (χ1) is 7.74. The van der Waals surface area contributed by atoms with Gasteiger partial charge in [-0.05, 0) is 38.7 Å². The molecule has 1 atom stereocenters. The average molecular weight is 317 g/mol. The second-order valence-corrected chi connectivity index (χ2v) is 4.60. The van der Waals surface area contributed by atoms with E-state index in [9.17, 15) is 0 Å². The van der Waals surface area contributed by atoms with Crippen molar-refractivity contribution in [2.75, 3.05) is 6.61 Å². The molecule has 1 unspecified atom stereocenters. The normalized spacial score (nSPS) is 12.2. The second kappa shape index (κ2) is 6.36. The highest BCUT2D eigenvalue weighted by atomic mass is 79.9. The summed E-state index contributed by atoms with van der Waals surface area (Å²) in [7, 11) is 0. The van der Waals surface area contributed by atoms with E-state index in [0.29, 0.717) is 6.42 Å². The predicted octanol–water partition coefficient (Wildman–Crippen LogP) is 3.41.